The maximum absolute atomic E-state index is 12.9. The molecule has 1 rings (SSSR count). The Morgan fingerprint density at radius 3 is 1.28 bits per heavy atom. The number of nitrogens with zero attached hydrogens (tertiary/aromatic N) is 2. The van der Waals surface area contributed by atoms with Crippen LogP contribution in [0.4, 0.5) is 0 Å². The van der Waals surface area contributed by atoms with Gasteiger partial charge in [-0.15, -0.1) is 0 Å². The van der Waals surface area contributed by atoms with E-state index >= 15 is 0 Å². The molecule has 1 N–H and O–H groups in total. The number of unbranched alkanes of at least 4 members (excludes halogenated alkanes) is 28. The summed E-state index contributed by atoms with van der Waals surface area (Å²) in [6, 6.07) is 0.0285. The number of amidine groups is 1. The molecule has 0 aromatic rings. The lowest BCUT2D eigenvalue weighted by atomic mass is 10.0. The van der Waals surface area contributed by atoms with E-state index in [-0.39, 0.29) is 17.7 Å². The first-order chi connectivity index (χ1) is 23.1. The van der Waals surface area contributed by atoms with E-state index in [1.54, 1.807) is 0 Å². The molecule has 276 valence electrons. The molecule has 1 aliphatic heterocycles. The van der Waals surface area contributed by atoms with E-state index < -0.39 is 0 Å². The van der Waals surface area contributed by atoms with E-state index in [4.69, 9.17) is 0 Å². The number of hydrogen-bond donors (Lipinski definition) is 1. The average molecular weight is 660 g/mol. The minimum Gasteiger partial charge on any atom is -0.352 e. The molecular weight excluding hydrogens is 578 g/mol. The number of hydrogen-bond acceptors (Lipinski definition) is 4. The van der Waals surface area contributed by atoms with Crippen molar-refractivity contribution < 1.29 is 9.59 Å². The summed E-state index contributed by atoms with van der Waals surface area (Å²) < 4.78 is 0. The minimum absolute atomic E-state index is 0.0285. The van der Waals surface area contributed by atoms with Crippen LogP contribution < -0.4 is 5.32 Å². The average Bonchev–Trinajstić information content (AvgIpc) is 3.52. The quantitative estimate of drug-likeness (QED) is 0.0681. The summed E-state index contributed by atoms with van der Waals surface area (Å²) in [5, 5.41) is 3.17. The molecule has 47 heavy (non-hydrogen) atoms. The first-order valence-electron chi connectivity index (χ1n) is 21.2. The summed E-state index contributed by atoms with van der Waals surface area (Å²) in [6.07, 6.45) is 41.3. The maximum atomic E-state index is 12.9. The highest BCUT2D eigenvalue weighted by atomic mass is 16.1. The lowest BCUT2D eigenvalue weighted by Gasteiger charge is -2.24. The van der Waals surface area contributed by atoms with Crippen LogP contribution >= 0.6 is 0 Å². The van der Waals surface area contributed by atoms with Crippen LogP contribution in [0.5, 0.6) is 0 Å². The molecule has 0 aromatic heterocycles. The third-order valence-corrected chi connectivity index (χ3v) is 10.1. The van der Waals surface area contributed by atoms with Crippen molar-refractivity contribution >= 4 is 17.5 Å². The van der Waals surface area contributed by atoms with Gasteiger partial charge in [0.15, 0.2) is 11.6 Å². The summed E-state index contributed by atoms with van der Waals surface area (Å²) in [4.78, 5) is 32.1. The molecule has 5 nitrogen and oxygen atoms in total. The molecule has 0 fully saturated rings. The molecule has 0 radical (unpaired) electrons. The molecule has 1 aliphatic rings. The van der Waals surface area contributed by atoms with Crippen LogP contribution in [0.3, 0.4) is 0 Å². The Bertz CT molecular complexity index is 752. The summed E-state index contributed by atoms with van der Waals surface area (Å²) >= 11 is 0. The Kier molecular flexibility index (Phi) is 30.7. The number of aliphatic imine (C=N–C) groups is 1. The van der Waals surface area contributed by atoms with E-state index in [0.29, 0.717) is 31.8 Å². The van der Waals surface area contributed by atoms with Gasteiger partial charge in [-0.1, -0.05) is 194 Å². The maximum Gasteiger partial charge on any atom is 0.220 e. The smallest absolute Gasteiger partial charge is 0.220 e. The van der Waals surface area contributed by atoms with Crippen molar-refractivity contribution in [2.24, 2.45) is 4.99 Å². The number of nitrogens with one attached hydrogen (secondary N) is 1. The highest BCUT2D eigenvalue weighted by molar-refractivity contribution is 6.39. The van der Waals surface area contributed by atoms with Gasteiger partial charge in [0.05, 0.1) is 6.54 Å². The fourth-order valence-corrected chi connectivity index (χ4v) is 7.07. The van der Waals surface area contributed by atoms with Crippen LogP contribution in [-0.4, -0.2) is 48.1 Å². The molecule has 0 aromatic carbocycles. The fraction of sp³-hybridized carbons (Fsp3) is 0.929. The van der Waals surface area contributed by atoms with Crippen LogP contribution in [0.1, 0.15) is 226 Å². The SMILES string of the molecule is CCCCCCCCCCCCCCCCCC(=O)N[C@H](C)CN1CCN=C1C(=O)CCCCCCCCCCCCCCCCC. The topological polar surface area (TPSA) is 61.8 Å². The standard InChI is InChI=1S/C42H81N3O2/c1-4-6-8-10-12-14-16-18-20-22-24-26-28-30-32-34-40(46)42-43-36-37-45(42)38-39(3)44-41(47)35-33-31-29-27-25-23-21-19-17-15-13-11-9-7-5-2/h39H,4-38H2,1-3H3,(H,44,47)/t39-/m1/s1. The minimum atomic E-state index is 0.0285. The molecule has 0 unspecified atom stereocenters. The molecule has 0 saturated heterocycles. The molecule has 1 amide bonds. The van der Waals surface area contributed by atoms with Gasteiger partial charge in [-0.3, -0.25) is 14.6 Å². The second-order valence-electron chi connectivity index (χ2n) is 14.9. The van der Waals surface area contributed by atoms with Crippen molar-refractivity contribution in [1.29, 1.82) is 0 Å². The Balaban J connectivity index is 1.96. The third-order valence-electron chi connectivity index (χ3n) is 10.1. The second kappa shape index (κ2) is 33.1. The Hall–Kier alpha value is -1.39. The van der Waals surface area contributed by atoms with Crippen molar-refractivity contribution in [2.75, 3.05) is 19.6 Å². The summed E-state index contributed by atoms with van der Waals surface area (Å²) in [6.45, 7) is 8.78. The zero-order valence-corrected chi connectivity index (χ0v) is 32.0. The van der Waals surface area contributed by atoms with Crippen molar-refractivity contribution in [1.82, 2.24) is 10.2 Å². The van der Waals surface area contributed by atoms with Gasteiger partial charge in [0.2, 0.25) is 5.91 Å². The summed E-state index contributed by atoms with van der Waals surface area (Å²) in [5.41, 5.74) is 0. The molecule has 1 atom stereocenters. The molecule has 0 aliphatic carbocycles. The lowest BCUT2D eigenvalue weighted by Crippen LogP contribution is -2.45. The largest absolute Gasteiger partial charge is 0.352 e. The highest BCUT2D eigenvalue weighted by Crippen LogP contribution is 2.16. The highest BCUT2D eigenvalue weighted by Gasteiger charge is 2.24. The number of carbonyl (C=O) groups excluding carboxylic acids is 2. The van der Waals surface area contributed by atoms with Gasteiger partial charge < -0.3 is 10.2 Å². The molecule has 5 heteroatoms. The van der Waals surface area contributed by atoms with Crippen LogP contribution in [0.25, 0.3) is 0 Å². The van der Waals surface area contributed by atoms with E-state index in [9.17, 15) is 9.59 Å². The fourth-order valence-electron chi connectivity index (χ4n) is 7.07. The Morgan fingerprint density at radius 2 is 0.894 bits per heavy atom. The van der Waals surface area contributed by atoms with Crippen molar-refractivity contribution in [3.63, 3.8) is 0 Å². The monoisotopic (exact) mass is 660 g/mol. The molecule has 0 spiro atoms. The zero-order chi connectivity index (χ0) is 34.0. The Labute approximate surface area is 293 Å². The Morgan fingerprint density at radius 1 is 0.553 bits per heavy atom. The van der Waals surface area contributed by atoms with Crippen LogP contribution in [0, 0.1) is 0 Å². The van der Waals surface area contributed by atoms with E-state index in [1.807, 2.05) is 0 Å². The van der Waals surface area contributed by atoms with Gasteiger partial charge in [-0.05, 0) is 19.8 Å². The number of amides is 1. The van der Waals surface area contributed by atoms with Crippen LogP contribution in [-0.2, 0) is 9.59 Å². The van der Waals surface area contributed by atoms with E-state index in [1.165, 1.54) is 167 Å². The van der Waals surface area contributed by atoms with Gasteiger partial charge in [-0.2, -0.15) is 0 Å². The first-order valence-corrected chi connectivity index (χ1v) is 21.2. The molecule has 1 heterocycles. The van der Waals surface area contributed by atoms with Crippen LogP contribution in [0.2, 0.25) is 0 Å². The van der Waals surface area contributed by atoms with Gasteiger partial charge >= 0.3 is 0 Å². The number of Topliss-reactive ketones (excluding diaryl/α,β-unsaturated/α-hetero) is 1. The normalized spacial score (nSPS) is 13.7. The van der Waals surface area contributed by atoms with E-state index in [2.05, 4.69) is 36.0 Å². The van der Waals surface area contributed by atoms with Crippen molar-refractivity contribution in [2.45, 2.75) is 232 Å². The number of ketones is 1. The first kappa shape index (κ1) is 43.6. The molecule has 0 bridgehead atoms. The summed E-state index contributed by atoms with van der Waals surface area (Å²) in [7, 11) is 0. The lowest BCUT2D eigenvalue weighted by molar-refractivity contribution is -0.121. The predicted octanol–water partition coefficient (Wildman–Crippen LogP) is 12.3. The zero-order valence-electron chi connectivity index (χ0n) is 32.0. The van der Waals surface area contributed by atoms with E-state index in [0.717, 1.165) is 32.2 Å². The third kappa shape index (κ3) is 27.2. The second-order valence-corrected chi connectivity index (χ2v) is 14.9. The van der Waals surface area contributed by atoms with Gasteiger partial charge in [-0.25, -0.2) is 0 Å². The molecule has 0 saturated carbocycles. The van der Waals surface area contributed by atoms with Gasteiger partial charge in [0, 0.05) is 32.0 Å². The number of rotatable bonds is 36. The summed E-state index contributed by atoms with van der Waals surface area (Å²) in [5.74, 6) is 0.987. The van der Waals surface area contributed by atoms with Crippen LogP contribution in [0.15, 0.2) is 4.99 Å². The van der Waals surface area contributed by atoms with Crippen molar-refractivity contribution in [3.8, 4) is 0 Å². The number of carbonyl (C=O) groups is 2. The predicted molar refractivity (Wildman–Crippen MR) is 206 cm³/mol. The van der Waals surface area contributed by atoms with Gasteiger partial charge in [0.1, 0.15) is 0 Å². The van der Waals surface area contributed by atoms with Crippen molar-refractivity contribution in [3.05, 3.63) is 0 Å². The van der Waals surface area contributed by atoms with Gasteiger partial charge in [0.25, 0.3) is 0 Å². The molecular formula is C42H81N3O2.